The lowest BCUT2D eigenvalue weighted by atomic mass is 9.89. The molecule has 0 bridgehead atoms. The number of nitriles is 1. The maximum Gasteiger partial charge on any atom is 0.337 e. The third-order valence-electron chi connectivity index (χ3n) is 9.26. The summed E-state index contributed by atoms with van der Waals surface area (Å²) < 4.78 is 36.0. The van der Waals surface area contributed by atoms with Crippen molar-refractivity contribution in [3.8, 4) is 23.1 Å². The average Bonchev–Trinajstić information content (AvgIpc) is 3.83. The normalized spacial score (nSPS) is 14.3. The van der Waals surface area contributed by atoms with Gasteiger partial charge in [0, 0.05) is 58.1 Å². The van der Waals surface area contributed by atoms with Crippen LogP contribution in [0.3, 0.4) is 0 Å². The zero-order valence-corrected chi connectivity index (χ0v) is 29.3. The van der Waals surface area contributed by atoms with E-state index in [1.807, 2.05) is 0 Å². The van der Waals surface area contributed by atoms with E-state index in [1.165, 1.54) is 15.4 Å². The molecule has 16 heteroatoms. The van der Waals surface area contributed by atoms with Crippen LogP contribution in [0.5, 0.6) is 5.75 Å². The number of benzene rings is 2. The molecule has 14 nitrogen and oxygen atoms in total. The summed E-state index contributed by atoms with van der Waals surface area (Å²) >= 11 is 6.05. The molecule has 2 aromatic carbocycles. The molecule has 6 aromatic rings. The molecule has 0 amide bonds. The van der Waals surface area contributed by atoms with Crippen molar-refractivity contribution < 1.29 is 27.6 Å². The molecule has 0 radical (unpaired) electrons. The van der Waals surface area contributed by atoms with Crippen molar-refractivity contribution in [2.45, 2.75) is 32.2 Å². The Bertz CT molecular complexity index is 2490. The second-order valence-corrected chi connectivity index (χ2v) is 14.9. The van der Waals surface area contributed by atoms with E-state index in [9.17, 15) is 23.3 Å². The minimum absolute atomic E-state index is 0.0256. The number of rotatable bonds is 10. The van der Waals surface area contributed by atoms with Gasteiger partial charge in [0.15, 0.2) is 5.65 Å². The molecular formula is C35H31ClN8O6S. The standard InChI is InChI=1S/C35H31ClN8O6S/c1-4-51(47,48)41-19-35(20-41,12-13-37)43-18-24(17-40-43)32-27-11-14-42(33(27)39-21-38-32)50-31(45)16-28-22(2)44(30-10-9-26(49-3)15-29(28)30)34(46)23-5-7-25(36)8-6-23/h5-11,14-15,17-18,21H,4,12,16,19-20H2,1-3H3. The van der Waals surface area contributed by atoms with Gasteiger partial charge in [-0.05, 0) is 67.9 Å². The number of aromatic nitrogens is 6. The van der Waals surface area contributed by atoms with Gasteiger partial charge in [-0.1, -0.05) is 11.6 Å². The van der Waals surface area contributed by atoms with Crippen LogP contribution < -0.4 is 9.57 Å². The highest BCUT2D eigenvalue weighted by molar-refractivity contribution is 7.89. The van der Waals surface area contributed by atoms with Gasteiger partial charge < -0.3 is 9.57 Å². The van der Waals surface area contributed by atoms with Crippen molar-refractivity contribution in [3.63, 3.8) is 0 Å². The molecule has 0 unspecified atom stereocenters. The Morgan fingerprint density at radius 2 is 1.84 bits per heavy atom. The lowest BCUT2D eigenvalue weighted by Gasteiger charge is -2.47. The molecular weight excluding hydrogens is 696 g/mol. The number of hydrogen-bond donors (Lipinski definition) is 0. The molecule has 260 valence electrons. The Balaban J connectivity index is 1.16. The number of fused-ring (bicyclic) bond motifs is 2. The summed E-state index contributed by atoms with van der Waals surface area (Å²) in [5.41, 5.74) is 2.87. The van der Waals surface area contributed by atoms with Gasteiger partial charge in [0.2, 0.25) is 10.0 Å². The van der Waals surface area contributed by atoms with Gasteiger partial charge in [0.05, 0.1) is 49.2 Å². The third-order valence-corrected chi connectivity index (χ3v) is 11.3. The Kier molecular flexibility index (Phi) is 8.62. The monoisotopic (exact) mass is 726 g/mol. The van der Waals surface area contributed by atoms with E-state index in [-0.39, 0.29) is 37.6 Å². The van der Waals surface area contributed by atoms with Gasteiger partial charge in [0.25, 0.3) is 5.91 Å². The van der Waals surface area contributed by atoms with E-state index in [0.29, 0.717) is 60.8 Å². The van der Waals surface area contributed by atoms with Crippen LogP contribution in [0.4, 0.5) is 0 Å². The predicted molar refractivity (Wildman–Crippen MR) is 188 cm³/mol. The second-order valence-electron chi connectivity index (χ2n) is 12.2. The zero-order valence-electron chi connectivity index (χ0n) is 27.8. The Labute approximate surface area is 297 Å². The van der Waals surface area contributed by atoms with Crippen LogP contribution in [0.25, 0.3) is 33.2 Å². The van der Waals surface area contributed by atoms with Crippen LogP contribution in [0.1, 0.15) is 35.0 Å². The van der Waals surface area contributed by atoms with E-state index in [2.05, 4.69) is 21.1 Å². The maximum atomic E-state index is 13.7. The summed E-state index contributed by atoms with van der Waals surface area (Å²) in [6.07, 6.45) is 6.15. The topological polar surface area (TPSA) is 167 Å². The number of hydrogen-bond acceptors (Lipinski definition) is 10. The SMILES string of the molecule is CCS(=O)(=O)N1CC(CC#N)(n2cc(-c3ncnc4c3ccn4OC(=O)Cc3c(C)n(C(=O)c4ccc(Cl)cc4)c4ccc(OC)cc34)cn2)C1. The lowest BCUT2D eigenvalue weighted by Crippen LogP contribution is -2.64. The molecule has 0 atom stereocenters. The van der Waals surface area contributed by atoms with Crippen molar-refractivity contribution in [2.24, 2.45) is 0 Å². The highest BCUT2D eigenvalue weighted by Gasteiger charge is 2.49. The molecule has 1 fully saturated rings. The summed E-state index contributed by atoms with van der Waals surface area (Å²) in [5, 5.41) is 15.8. The van der Waals surface area contributed by atoms with E-state index < -0.39 is 21.5 Å². The quantitative estimate of drug-likeness (QED) is 0.198. The van der Waals surface area contributed by atoms with Crippen molar-refractivity contribution >= 4 is 55.4 Å². The molecule has 51 heavy (non-hydrogen) atoms. The molecule has 0 saturated carbocycles. The Morgan fingerprint density at radius 3 is 2.55 bits per heavy atom. The molecule has 5 heterocycles. The first kappa shape index (κ1) is 33.9. The first-order valence-corrected chi connectivity index (χ1v) is 17.9. The van der Waals surface area contributed by atoms with Gasteiger partial charge in [-0.15, -0.1) is 0 Å². The number of sulfonamides is 1. The van der Waals surface area contributed by atoms with E-state index in [4.69, 9.17) is 21.2 Å². The summed E-state index contributed by atoms with van der Waals surface area (Å²) in [6, 6.07) is 15.8. The van der Waals surface area contributed by atoms with E-state index >= 15 is 0 Å². The number of carbonyl (C=O) groups is 2. The molecule has 0 N–H and O–H groups in total. The van der Waals surface area contributed by atoms with Crippen LogP contribution in [-0.4, -0.2) is 79.6 Å². The molecule has 4 aromatic heterocycles. The largest absolute Gasteiger partial charge is 0.497 e. The van der Waals surface area contributed by atoms with Gasteiger partial charge in [-0.25, -0.2) is 23.2 Å². The Hall–Kier alpha value is -5.56. The summed E-state index contributed by atoms with van der Waals surface area (Å²) in [4.78, 5) is 41.8. The summed E-state index contributed by atoms with van der Waals surface area (Å²) in [6.45, 7) is 3.64. The average molecular weight is 727 g/mol. The van der Waals surface area contributed by atoms with E-state index in [1.54, 1.807) is 97.3 Å². The third kappa shape index (κ3) is 5.90. The highest BCUT2D eigenvalue weighted by Crippen LogP contribution is 2.36. The van der Waals surface area contributed by atoms with Gasteiger partial charge in [0.1, 0.15) is 17.6 Å². The van der Waals surface area contributed by atoms with Crippen LogP contribution in [0.15, 0.2) is 73.4 Å². The fourth-order valence-corrected chi connectivity index (χ4v) is 7.86. The van der Waals surface area contributed by atoms with E-state index in [0.717, 1.165) is 0 Å². The van der Waals surface area contributed by atoms with Crippen molar-refractivity contribution in [3.05, 3.63) is 95.3 Å². The number of nitrogens with zero attached hydrogens (tertiary/aromatic N) is 8. The number of carbonyl (C=O) groups excluding carboxylic acids is 2. The van der Waals surface area contributed by atoms with Gasteiger partial charge in [-0.2, -0.15) is 19.4 Å². The predicted octanol–water partition coefficient (Wildman–Crippen LogP) is 4.38. The first-order valence-electron chi connectivity index (χ1n) is 15.9. The first-order chi connectivity index (χ1) is 24.5. The smallest absolute Gasteiger partial charge is 0.337 e. The molecule has 1 aliphatic rings. The van der Waals surface area contributed by atoms with Crippen LogP contribution in [-0.2, 0) is 26.8 Å². The van der Waals surface area contributed by atoms with Crippen molar-refractivity contribution in [1.82, 2.24) is 33.4 Å². The molecule has 0 aliphatic carbocycles. The minimum Gasteiger partial charge on any atom is -0.497 e. The second kappa shape index (κ2) is 13.0. The highest BCUT2D eigenvalue weighted by atomic mass is 35.5. The number of ether oxygens (including phenoxy) is 1. The molecule has 0 spiro atoms. The number of methoxy groups -OCH3 is 1. The van der Waals surface area contributed by atoms with Crippen LogP contribution >= 0.6 is 11.6 Å². The molecule has 1 aliphatic heterocycles. The molecule has 7 rings (SSSR count). The Morgan fingerprint density at radius 1 is 1.08 bits per heavy atom. The summed E-state index contributed by atoms with van der Waals surface area (Å²) in [5.74, 6) is -0.333. The number of halogens is 1. The van der Waals surface area contributed by atoms with Crippen molar-refractivity contribution in [2.75, 3.05) is 26.0 Å². The zero-order chi connectivity index (χ0) is 36.1. The maximum absolute atomic E-state index is 13.7. The van der Waals surface area contributed by atoms with Gasteiger partial charge in [-0.3, -0.25) is 14.0 Å². The fourth-order valence-electron chi connectivity index (χ4n) is 6.49. The van der Waals surface area contributed by atoms with Crippen LogP contribution in [0, 0.1) is 18.3 Å². The van der Waals surface area contributed by atoms with Crippen LogP contribution in [0.2, 0.25) is 5.02 Å². The lowest BCUT2D eigenvalue weighted by molar-refractivity contribution is -0.142. The minimum atomic E-state index is -3.40. The fraction of sp³-hybridized carbons (Fsp3) is 0.257. The molecule has 1 saturated heterocycles. The van der Waals surface area contributed by atoms with Gasteiger partial charge >= 0.3 is 5.97 Å². The summed E-state index contributed by atoms with van der Waals surface area (Å²) in [7, 11) is -1.86. The van der Waals surface area contributed by atoms with Crippen molar-refractivity contribution in [1.29, 1.82) is 5.26 Å².